The average Bonchev–Trinajstić information content (AvgIpc) is 2.93. The van der Waals surface area contributed by atoms with Gasteiger partial charge >= 0.3 is 0 Å². The molecule has 1 amide bonds. The summed E-state index contributed by atoms with van der Waals surface area (Å²) in [5, 5.41) is 0. The molecule has 3 heteroatoms. The molecule has 1 fully saturated rings. The molecule has 1 heterocycles. The van der Waals surface area contributed by atoms with E-state index in [0.717, 1.165) is 31.7 Å². The fourth-order valence-corrected chi connectivity index (χ4v) is 5.39. The average molecular weight is 489 g/mol. The molecule has 1 aliphatic rings. The van der Waals surface area contributed by atoms with Crippen molar-refractivity contribution in [1.82, 2.24) is 9.88 Å². The Labute approximate surface area is 221 Å². The molecule has 188 valence electrons. The minimum atomic E-state index is 0.0884. The number of amides is 1. The number of aryl methyl sites for hydroxylation is 1. The normalized spacial score (nSPS) is 13.3. The topological polar surface area (TPSA) is 33.2 Å². The predicted molar refractivity (Wildman–Crippen MR) is 151 cm³/mol. The third-order valence-corrected chi connectivity index (χ3v) is 7.73. The molecular formula is C34H36N2O. The summed E-state index contributed by atoms with van der Waals surface area (Å²) in [6.07, 6.45) is 10.2. The Bertz CT molecular complexity index is 1210. The van der Waals surface area contributed by atoms with E-state index >= 15 is 0 Å². The van der Waals surface area contributed by atoms with E-state index in [1.807, 2.05) is 17.0 Å². The number of aromatic nitrogens is 1. The largest absolute Gasteiger partial charge is 0.339 e. The number of rotatable bonds is 11. The van der Waals surface area contributed by atoms with Crippen LogP contribution in [0.3, 0.4) is 0 Å². The van der Waals surface area contributed by atoms with Gasteiger partial charge in [-0.3, -0.25) is 9.78 Å². The Kier molecular flexibility index (Phi) is 8.43. The first kappa shape index (κ1) is 25.0. The summed E-state index contributed by atoms with van der Waals surface area (Å²) in [7, 11) is 0. The SMILES string of the molecule is O=C(c1ccncc1)N(CCCc1cccc(C2CCC2)c1)CCC(c1ccccc1)c1ccccc1. The maximum absolute atomic E-state index is 13.6. The minimum Gasteiger partial charge on any atom is -0.339 e. The summed E-state index contributed by atoms with van der Waals surface area (Å²) < 4.78 is 0. The molecule has 0 aliphatic heterocycles. The molecular weight excluding hydrogens is 452 g/mol. The van der Waals surface area contributed by atoms with Gasteiger partial charge in [-0.15, -0.1) is 0 Å². The van der Waals surface area contributed by atoms with Crippen molar-refractivity contribution in [2.45, 2.75) is 50.4 Å². The first-order valence-electron chi connectivity index (χ1n) is 13.7. The fraction of sp³-hybridized carbons (Fsp3) is 0.294. The van der Waals surface area contributed by atoms with E-state index in [1.54, 1.807) is 12.4 Å². The van der Waals surface area contributed by atoms with Gasteiger partial charge in [0, 0.05) is 37.0 Å². The van der Waals surface area contributed by atoms with Crippen LogP contribution in [0.25, 0.3) is 0 Å². The van der Waals surface area contributed by atoms with E-state index in [-0.39, 0.29) is 11.8 Å². The number of carbonyl (C=O) groups excluding carboxylic acids is 1. The van der Waals surface area contributed by atoms with Gasteiger partial charge in [0.1, 0.15) is 0 Å². The van der Waals surface area contributed by atoms with Gasteiger partial charge in [-0.1, -0.05) is 91.3 Å². The van der Waals surface area contributed by atoms with Crippen molar-refractivity contribution in [1.29, 1.82) is 0 Å². The quantitative estimate of drug-likeness (QED) is 0.217. The van der Waals surface area contributed by atoms with E-state index in [0.29, 0.717) is 12.1 Å². The lowest BCUT2D eigenvalue weighted by Crippen LogP contribution is -2.34. The van der Waals surface area contributed by atoms with Gasteiger partial charge in [-0.05, 0) is 72.4 Å². The van der Waals surface area contributed by atoms with Gasteiger partial charge in [0.05, 0.1) is 0 Å². The Hall–Kier alpha value is -3.72. The van der Waals surface area contributed by atoms with Crippen LogP contribution in [0.15, 0.2) is 109 Å². The highest BCUT2D eigenvalue weighted by atomic mass is 16.2. The summed E-state index contributed by atoms with van der Waals surface area (Å²) in [5.74, 6) is 1.08. The number of nitrogens with zero attached hydrogens (tertiary/aromatic N) is 2. The molecule has 0 bridgehead atoms. The second-order valence-corrected chi connectivity index (χ2v) is 10.2. The molecule has 0 N–H and O–H groups in total. The van der Waals surface area contributed by atoms with Crippen LogP contribution >= 0.6 is 0 Å². The molecule has 0 unspecified atom stereocenters. The molecule has 4 aromatic rings. The van der Waals surface area contributed by atoms with Crippen molar-refractivity contribution in [3.8, 4) is 0 Å². The predicted octanol–water partition coefficient (Wildman–Crippen LogP) is 7.65. The minimum absolute atomic E-state index is 0.0884. The highest BCUT2D eigenvalue weighted by molar-refractivity contribution is 5.94. The maximum Gasteiger partial charge on any atom is 0.253 e. The first-order chi connectivity index (χ1) is 18.3. The summed E-state index contributed by atoms with van der Waals surface area (Å²) in [4.78, 5) is 19.7. The molecule has 0 spiro atoms. The second kappa shape index (κ2) is 12.5. The lowest BCUT2D eigenvalue weighted by Gasteiger charge is -2.27. The lowest BCUT2D eigenvalue weighted by atomic mass is 9.79. The van der Waals surface area contributed by atoms with Crippen LogP contribution in [-0.2, 0) is 6.42 Å². The second-order valence-electron chi connectivity index (χ2n) is 10.2. The summed E-state index contributed by atoms with van der Waals surface area (Å²) >= 11 is 0. The number of hydrogen-bond donors (Lipinski definition) is 0. The van der Waals surface area contributed by atoms with E-state index < -0.39 is 0 Å². The van der Waals surface area contributed by atoms with Crippen molar-refractivity contribution in [2.75, 3.05) is 13.1 Å². The van der Waals surface area contributed by atoms with Gasteiger partial charge < -0.3 is 4.90 Å². The molecule has 3 nitrogen and oxygen atoms in total. The zero-order chi connectivity index (χ0) is 25.3. The van der Waals surface area contributed by atoms with Crippen LogP contribution in [0.5, 0.6) is 0 Å². The van der Waals surface area contributed by atoms with Gasteiger partial charge in [0.15, 0.2) is 0 Å². The number of benzene rings is 3. The first-order valence-corrected chi connectivity index (χ1v) is 13.7. The van der Waals surface area contributed by atoms with Crippen LogP contribution in [0.2, 0.25) is 0 Å². The Balaban J connectivity index is 1.30. The Morgan fingerprint density at radius 3 is 2.11 bits per heavy atom. The summed E-state index contributed by atoms with van der Waals surface area (Å²) in [6, 6.07) is 34.1. The maximum atomic E-state index is 13.6. The van der Waals surface area contributed by atoms with Crippen LogP contribution < -0.4 is 0 Å². The molecule has 37 heavy (non-hydrogen) atoms. The van der Waals surface area contributed by atoms with Crippen molar-refractivity contribution in [3.63, 3.8) is 0 Å². The monoisotopic (exact) mass is 488 g/mol. The standard InChI is InChI=1S/C34H36N2O/c37-34(31-19-22-35-23-20-31)36(24-9-11-27-10-7-18-32(26-27)28-16-8-17-28)25-21-33(29-12-3-1-4-13-29)30-14-5-2-6-15-30/h1-7,10,12-15,18-20,22-23,26,28,33H,8-9,11,16-17,21,24-25H2. The number of carbonyl (C=O) groups is 1. The van der Waals surface area contributed by atoms with Crippen LogP contribution in [0.4, 0.5) is 0 Å². The Morgan fingerprint density at radius 2 is 1.49 bits per heavy atom. The smallest absolute Gasteiger partial charge is 0.253 e. The van der Waals surface area contributed by atoms with Crippen LogP contribution in [0.1, 0.15) is 76.6 Å². The zero-order valence-electron chi connectivity index (χ0n) is 21.5. The van der Waals surface area contributed by atoms with E-state index in [9.17, 15) is 4.79 Å². The van der Waals surface area contributed by atoms with E-state index in [1.165, 1.54) is 41.5 Å². The fourth-order valence-electron chi connectivity index (χ4n) is 5.39. The molecule has 1 saturated carbocycles. The Morgan fingerprint density at radius 1 is 0.811 bits per heavy atom. The van der Waals surface area contributed by atoms with E-state index in [4.69, 9.17) is 0 Å². The highest BCUT2D eigenvalue weighted by Crippen LogP contribution is 2.36. The van der Waals surface area contributed by atoms with Gasteiger partial charge in [-0.2, -0.15) is 0 Å². The highest BCUT2D eigenvalue weighted by Gasteiger charge is 2.21. The van der Waals surface area contributed by atoms with Crippen molar-refractivity contribution < 1.29 is 4.79 Å². The van der Waals surface area contributed by atoms with Crippen molar-refractivity contribution in [3.05, 3.63) is 137 Å². The molecule has 5 rings (SSSR count). The molecule has 0 atom stereocenters. The molecule has 3 aromatic carbocycles. The van der Waals surface area contributed by atoms with Gasteiger partial charge in [0.25, 0.3) is 5.91 Å². The number of pyridine rings is 1. The van der Waals surface area contributed by atoms with Crippen molar-refractivity contribution in [2.24, 2.45) is 0 Å². The van der Waals surface area contributed by atoms with Crippen LogP contribution in [-0.4, -0.2) is 28.9 Å². The molecule has 0 radical (unpaired) electrons. The zero-order valence-corrected chi connectivity index (χ0v) is 21.5. The molecule has 1 aromatic heterocycles. The van der Waals surface area contributed by atoms with Crippen LogP contribution in [0, 0.1) is 0 Å². The van der Waals surface area contributed by atoms with Gasteiger partial charge in [0.2, 0.25) is 0 Å². The third-order valence-electron chi connectivity index (χ3n) is 7.73. The van der Waals surface area contributed by atoms with Gasteiger partial charge in [-0.25, -0.2) is 0 Å². The number of hydrogen-bond acceptors (Lipinski definition) is 2. The molecule has 1 aliphatic carbocycles. The van der Waals surface area contributed by atoms with E-state index in [2.05, 4.69) is 89.9 Å². The lowest BCUT2D eigenvalue weighted by molar-refractivity contribution is 0.0749. The summed E-state index contributed by atoms with van der Waals surface area (Å²) in [6.45, 7) is 1.45. The molecule has 0 saturated heterocycles. The summed E-state index contributed by atoms with van der Waals surface area (Å²) in [5.41, 5.74) is 6.16. The van der Waals surface area contributed by atoms with Crippen molar-refractivity contribution >= 4 is 5.91 Å². The third kappa shape index (κ3) is 6.54.